The number of rotatable bonds is 5. The summed E-state index contributed by atoms with van der Waals surface area (Å²) in [6, 6.07) is 14.8. The number of carbonyl (C=O) groups excluding carboxylic acids is 1. The molecule has 0 aliphatic heterocycles. The fraction of sp³-hybridized carbons (Fsp3) is 0.188. The molecule has 2 aromatic rings. The van der Waals surface area contributed by atoms with Gasteiger partial charge in [-0.25, -0.2) is 4.79 Å². The molecular formula is C16H16Cl2N2O. The molecule has 5 heteroatoms. The summed E-state index contributed by atoms with van der Waals surface area (Å²) in [6.45, 7) is 1.05. The Bertz CT molecular complexity index is 582. The maximum Gasteiger partial charge on any atom is 0.315 e. The predicted molar refractivity (Wildman–Crippen MR) is 86.8 cm³/mol. The van der Waals surface area contributed by atoms with E-state index in [1.807, 2.05) is 36.4 Å². The van der Waals surface area contributed by atoms with Crippen LogP contribution in [0.25, 0.3) is 0 Å². The predicted octanol–water partition coefficient (Wildman–Crippen LogP) is 4.04. The second-order valence-electron chi connectivity index (χ2n) is 4.61. The van der Waals surface area contributed by atoms with Crippen molar-refractivity contribution < 1.29 is 4.79 Å². The summed E-state index contributed by atoms with van der Waals surface area (Å²) in [6.07, 6.45) is 0.769. The zero-order chi connectivity index (χ0) is 15.1. The van der Waals surface area contributed by atoms with Gasteiger partial charge < -0.3 is 10.6 Å². The molecule has 0 atom stereocenters. The number of nitrogens with one attached hydrogen (secondary N) is 2. The fourth-order valence-electron chi connectivity index (χ4n) is 1.82. The third kappa shape index (κ3) is 5.66. The molecule has 21 heavy (non-hydrogen) atoms. The lowest BCUT2D eigenvalue weighted by Crippen LogP contribution is -2.36. The van der Waals surface area contributed by atoms with Gasteiger partial charge in [-0.3, -0.25) is 0 Å². The molecule has 0 saturated carbocycles. The fourth-order valence-corrected chi connectivity index (χ4v) is 2.07. The molecule has 0 aliphatic carbocycles. The first-order chi connectivity index (χ1) is 10.1. The van der Waals surface area contributed by atoms with Crippen molar-refractivity contribution in [2.24, 2.45) is 0 Å². The van der Waals surface area contributed by atoms with E-state index in [2.05, 4.69) is 10.6 Å². The Labute approximate surface area is 134 Å². The molecule has 0 heterocycles. The van der Waals surface area contributed by atoms with Crippen molar-refractivity contribution in [3.8, 4) is 0 Å². The van der Waals surface area contributed by atoms with Crippen LogP contribution in [0.5, 0.6) is 0 Å². The minimum absolute atomic E-state index is 0.182. The molecule has 0 aliphatic rings. The Kier molecular flexibility index (Phi) is 5.90. The lowest BCUT2D eigenvalue weighted by molar-refractivity contribution is 0.240. The smallest absolute Gasteiger partial charge is 0.315 e. The number of carbonyl (C=O) groups is 1. The Morgan fingerprint density at radius 2 is 1.33 bits per heavy atom. The summed E-state index contributed by atoms with van der Waals surface area (Å²) in [5, 5.41) is 7.02. The lowest BCUT2D eigenvalue weighted by atomic mass is 10.1. The van der Waals surface area contributed by atoms with Gasteiger partial charge in [0.15, 0.2) is 0 Å². The molecule has 2 N–H and O–H groups in total. The first kappa shape index (κ1) is 15.7. The van der Waals surface area contributed by atoms with Crippen LogP contribution in [0, 0.1) is 0 Å². The van der Waals surface area contributed by atoms with Crippen LogP contribution in [0.15, 0.2) is 48.5 Å². The second kappa shape index (κ2) is 7.91. The van der Waals surface area contributed by atoms with E-state index in [0.29, 0.717) is 23.1 Å². The van der Waals surface area contributed by atoms with E-state index in [9.17, 15) is 4.79 Å². The second-order valence-corrected chi connectivity index (χ2v) is 5.49. The summed E-state index contributed by atoms with van der Waals surface area (Å²) < 4.78 is 0. The van der Waals surface area contributed by atoms with Crippen molar-refractivity contribution in [1.82, 2.24) is 10.6 Å². The molecule has 2 aromatic carbocycles. The normalized spacial score (nSPS) is 10.2. The lowest BCUT2D eigenvalue weighted by Gasteiger charge is -2.08. The van der Waals surface area contributed by atoms with Gasteiger partial charge in [-0.1, -0.05) is 47.5 Å². The molecule has 0 unspecified atom stereocenters. The molecule has 2 rings (SSSR count). The number of amides is 2. The number of halogens is 2. The van der Waals surface area contributed by atoms with Crippen molar-refractivity contribution in [3.05, 3.63) is 69.7 Å². The van der Waals surface area contributed by atoms with Crippen molar-refractivity contribution in [2.75, 3.05) is 6.54 Å². The highest BCUT2D eigenvalue weighted by molar-refractivity contribution is 6.30. The molecule has 0 radical (unpaired) electrons. The molecule has 0 saturated heterocycles. The largest absolute Gasteiger partial charge is 0.338 e. The van der Waals surface area contributed by atoms with Gasteiger partial charge >= 0.3 is 6.03 Å². The van der Waals surface area contributed by atoms with Crippen molar-refractivity contribution >= 4 is 29.2 Å². The van der Waals surface area contributed by atoms with E-state index < -0.39 is 0 Å². The minimum Gasteiger partial charge on any atom is -0.338 e. The van der Waals surface area contributed by atoms with Crippen LogP contribution >= 0.6 is 23.2 Å². The van der Waals surface area contributed by atoms with Crippen molar-refractivity contribution in [1.29, 1.82) is 0 Å². The van der Waals surface area contributed by atoms with Gasteiger partial charge in [0, 0.05) is 23.1 Å². The van der Waals surface area contributed by atoms with Gasteiger partial charge in [0.2, 0.25) is 0 Å². The summed E-state index contributed by atoms with van der Waals surface area (Å²) in [7, 11) is 0. The van der Waals surface area contributed by atoms with Gasteiger partial charge in [0.05, 0.1) is 0 Å². The quantitative estimate of drug-likeness (QED) is 0.857. The molecule has 0 spiro atoms. The first-order valence-electron chi connectivity index (χ1n) is 6.64. The standard InChI is InChI=1S/C16H16Cl2N2O/c17-14-5-1-12(2-6-14)9-10-19-16(21)20-11-13-3-7-15(18)8-4-13/h1-8H,9-11H2,(H2,19,20,21). The van der Waals surface area contributed by atoms with E-state index in [0.717, 1.165) is 17.5 Å². The topological polar surface area (TPSA) is 41.1 Å². The minimum atomic E-state index is -0.182. The third-order valence-corrected chi connectivity index (χ3v) is 3.48. The molecule has 0 fully saturated rings. The van der Waals surface area contributed by atoms with Crippen LogP contribution in [-0.4, -0.2) is 12.6 Å². The van der Waals surface area contributed by atoms with Crippen molar-refractivity contribution in [2.45, 2.75) is 13.0 Å². The monoisotopic (exact) mass is 322 g/mol. The van der Waals surface area contributed by atoms with Gasteiger partial charge in [0.25, 0.3) is 0 Å². The van der Waals surface area contributed by atoms with E-state index in [1.165, 1.54) is 0 Å². The zero-order valence-electron chi connectivity index (χ0n) is 11.4. The van der Waals surface area contributed by atoms with Gasteiger partial charge in [-0.15, -0.1) is 0 Å². The number of hydrogen-bond acceptors (Lipinski definition) is 1. The maximum atomic E-state index is 11.7. The Morgan fingerprint density at radius 3 is 1.90 bits per heavy atom. The van der Waals surface area contributed by atoms with E-state index in [1.54, 1.807) is 12.1 Å². The Balaban J connectivity index is 1.67. The van der Waals surface area contributed by atoms with Gasteiger partial charge in [0.1, 0.15) is 0 Å². The Morgan fingerprint density at radius 1 is 0.810 bits per heavy atom. The molecule has 0 aromatic heterocycles. The molecule has 3 nitrogen and oxygen atoms in total. The highest BCUT2D eigenvalue weighted by atomic mass is 35.5. The van der Waals surface area contributed by atoms with Crippen LogP contribution < -0.4 is 10.6 Å². The maximum absolute atomic E-state index is 11.7. The molecule has 0 bridgehead atoms. The molecule has 110 valence electrons. The van der Waals surface area contributed by atoms with Crippen LogP contribution in [0.1, 0.15) is 11.1 Å². The Hall–Kier alpha value is -1.71. The summed E-state index contributed by atoms with van der Waals surface area (Å²) in [4.78, 5) is 11.7. The summed E-state index contributed by atoms with van der Waals surface area (Å²) in [5.41, 5.74) is 2.14. The third-order valence-electron chi connectivity index (χ3n) is 2.98. The average molecular weight is 323 g/mol. The van der Waals surface area contributed by atoms with Gasteiger partial charge in [-0.05, 0) is 41.8 Å². The SMILES string of the molecule is O=C(NCCc1ccc(Cl)cc1)NCc1ccc(Cl)cc1. The van der Waals surface area contributed by atoms with E-state index in [-0.39, 0.29) is 6.03 Å². The zero-order valence-corrected chi connectivity index (χ0v) is 12.9. The van der Waals surface area contributed by atoms with Crippen LogP contribution in [0.2, 0.25) is 10.0 Å². The first-order valence-corrected chi connectivity index (χ1v) is 7.39. The number of benzene rings is 2. The highest BCUT2D eigenvalue weighted by Crippen LogP contribution is 2.10. The van der Waals surface area contributed by atoms with Crippen LogP contribution in [-0.2, 0) is 13.0 Å². The molecular weight excluding hydrogens is 307 g/mol. The highest BCUT2D eigenvalue weighted by Gasteiger charge is 2.00. The summed E-state index contributed by atoms with van der Waals surface area (Å²) >= 11 is 11.6. The van der Waals surface area contributed by atoms with Gasteiger partial charge in [-0.2, -0.15) is 0 Å². The summed E-state index contributed by atoms with van der Waals surface area (Å²) in [5.74, 6) is 0. The number of urea groups is 1. The van der Waals surface area contributed by atoms with E-state index >= 15 is 0 Å². The van der Waals surface area contributed by atoms with Crippen LogP contribution in [0.3, 0.4) is 0 Å². The van der Waals surface area contributed by atoms with Crippen LogP contribution in [0.4, 0.5) is 4.79 Å². The number of hydrogen-bond donors (Lipinski definition) is 2. The average Bonchev–Trinajstić information content (AvgIpc) is 2.49. The van der Waals surface area contributed by atoms with E-state index in [4.69, 9.17) is 23.2 Å². The molecule has 2 amide bonds. The van der Waals surface area contributed by atoms with Crippen molar-refractivity contribution in [3.63, 3.8) is 0 Å².